The van der Waals surface area contributed by atoms with Crippen LogP contribution in [-0.4, -0.2) is 4.98 Å². The first-order valence-corrected chi connectivity index (χ1v) is 7.22. The molecule has 3 rings (SSSR count). The van der Waals surface area contributed by atoms with Crippen LogP contribution in [0.3, 0.4) is 0 Å². The fraction of sp³-hybridized carbons (Fsp3) is 0.111. The van der Waals surface area contributed by atoms with E-state index in [-0.39, 0.29) is 0 Å². The number of aryl methyl sites for hydroxylation is 1. The van der Waals surface area contributed by atoms with Crippen molar-refractivity contribution in [2.45, 2.75) is 13.5 Å². The zero-order valence-corrected chi connectivity index (χ0v) is 12.8. The van der Waals surface area contributed by atoms with E-state index in [1.54, 1.807) is 12.1 Å². The van der Waals surface area contributed by atoms with Crippen LogP contribution in [0.2, 0.25) is 5.02 Å². The Hall–Kier alpha value is -2.57. The van der Waals surface area contributed by atoms with Crippen molar-refractivity contribution in [3.05, 3.63) is 70.4 Å². The van der Waals surface area contributed by atoms with Crippen LogP contribution in [0.4, 0.5) is 0 Å². The van der Waals surface area contributed by atoms with Crippen molar-refractivity contribution < 1.29 is 4.74 Å². The molecule has 0 unspecified atom stereocenters. The predicted octanol–water partition coefficient (Wildman–Crippen LogP) is 4.65. The van der Waals surface area contributed by atoms with Crippen molar-refractivity contribution in [1.82, 2.24) is 4.98 Å². The van der Waals surface area contributed by atoms with E-state index in [2.05, 4.69) is 11.1 Å². The molecular formula is C18H13ClN2O. The zero-order chi connectivity index (χ0) is 15.5. The van der Waals surface area contributed by atoms with Crippen molar-refractivity contribution in [3.8, 4) is 11.8 Å². The van der Waals surface area contributed by atoms with Gasteiger partial charge in [-0.2, -0.15) is 5.26 Å². The van der Waals surface area contributed by atoms with Crippen molar-refractivity contribution >= 4 is 22.5 Å². The number of hydrogen-bond donors (Lipinski definition) is 0. The Kier molecular flexibility index (Phi) is 3.95. The predicted molar refractivity (Wildman–Crippen MR) is 87.0 cm³/mol. The molecule has 0 aliphatic carbocycles. The molecule has 4 heteroatoms. The SMILES string of the molecule is Cc1cc(Cl)c2ccc(OCc3ccc(C#N)cc3)cc2n1. The van der Waals surface area contributed by atoms with E-state index in [0.29, 0.717) is 17.2 Å². The van der Waals surface area contributed by atoms with E-state index in [4.69, 9.17) is 21.6 Å². The highest BCUT2D eigenvalue weighted by atomic mass is 35.5. The van der Waals surface area contributed by atoms with Gasteiger partial charge in [0.15, 0.2) is 0 Å². The molecule has 0 N–H and O–H groups in total. The molecule has 0 bridgehead atoms. The van der Waals surface area contributed by atoms with Crippen molar-refractivity contribution in [3.63, 3.8) is 0 Å². The lowest BCUT2D eigenvalue weighted by atomic mass is 10.1. The number of ether oxygens (including phenoxy) is 1. The van der Waals surface area contributed by atoms with E-state index < -0.39 is 0 Å². The van der Waals surface area contributed by atoms with Gasteiger partial charge in [0.05, 0.1) is 22.2 Å². The van der Waals surface area contributed by atoms with Gasteiger partial charge in [0.1, 0.15) is 12.4 Å². The van der Waals surface area contributed by atoms with Gasteiger partial charge < -0.3 is 4.74 Å². The largest absolute Gasteiger partial charge is 0.489 e. The summed E-state index contributed by atoms with van der Waals surface area (Å²) in [6, 6.07) is 17.0. The van der Waals surface area contributed by atoms with E-state index in [1.807, 2.05) is 43.3 Å². The molecule has 3 aromatic rings. The maximum atomic E-state index is 8.78. The maximum Gasteiger partial charge on any atom is 0.122 e. The molecule has 2 aromatic carbocycles. The van der Waals surface area contributed by atoms with Crippen molar-refractivity contribution in [2.24, 2.45) is 0 Å². The first-order valence-electron chi connectivity index (χ1n) is 6.84. The van der Waals surface area contributed by atoms with Crippen LogP contribution in [0, 0.1) is 18.3 Å². The van der Waals surface area contributed by atoms with Gasteiger partial charge in [-0.05, 0) is 42.8 Å². The van der Waals surface area contributed by atoms with Crippen LogP contribution in [0.25, 0.3) is 10.9 Å². The normalized spacial score (nSPS) is 10.4. The number of benzene rings is 2. The molecule has 0 atom stereocenters. The smallest absolute Gasteiger partial charge is 0.122 e. The van der Waals surface area contributed by atoms with Crippen LogP contribution >= 0.6 is 11.6 Å². The van der Waals surface area contributed by atoms with Gasteiger partial charge in [-0.25, -0.2) is 0 Å². The summed E-state index contributed by atoms with van der Waals surface area (Å²) in [5.41, 5.74) is 3.35. The fourth-order valence-electron chi connectivity index (χ4n) is 2.22. The molecular weight excluding hydrogens is 296 g/mol. The molecule has 0 fully saturated rings. The first-order chi connectivity index (χ1) is 10.7. The van der Waals surface area contributed by atoms with Gasteiger partial charge in [0.2, 0.25) is 0 Å². The van der Waals surface area contributed by atoms with Gasteiger partial charge in [0.25, 0.3) is 0 Å². The average molecular weight is 309 g/mol. The summed E-state index contributed by atoms with van der Waals surface area (Å²) in [5, 5.41) is 10.4. The minimum absolute atomic E-state index is 0.441. The minimum atomic E-state index is 0.441. The second-order valence-electron chi connectivity index (χ2n) is 5.02. The van der Waals surface area contributed by atoms with Crippen molar-refractivity contribution in [2.75, 3.05) is 0 Å². The van der Waals surface area contributed by atoms with Crippen molar-refractivity contribution in [1.29, 1.82) is 5.26 Å². The van der Waals surface area contributed by atoms with Crippen LogP contribution in [0.1, 0.15) is 16.8 Å². The standard InChI is InChI=1S/C18H13ClN2O/c1-12-8-17(19)16-7-6-15(9-18(16)21-12)22-11-14-4-2-13(10-20)3-5-14/h2-9H,11H2,1H3. The molecule has 0 radical (unpaired) electrons. The quantitative estimate of drug-likeness (QED) is 0.707. The van der Waals surface area contributed by atoms with Gasteiger partial charge in [-0.3, -0.25) is 4.98 Å². The third-order valence-corrected chi connectivity index (χ3v) is 3.66. The summed E-state index contributed by atoms with van der Waals surface area (Å²) in [6.45, 7) is 2.35. The summed E-state index contributed by atoms with van der Waals surface area (Å²) >= 11 is 6.21. The van der Waals surface area contributed by atoms with Crippen LogP contribution in [0.5, 0.6) is 5.75 Å². The summed E-state index contributed by atoms with van der Waals surface area (Å²) in [6.07, 6.45) is 0. The number of rotatable bonds is 3. The highest BCUT2D eigenvalue weighted by Crippen LogP contribution is 2.26. The Morgan fingerprint density at radius 2 is 1.91 bits per heavy atom. The number of hydrogen-bond acceptors (Lipinski definition) is 3. The summed E-state index contributed by atoms with van der Waals surface area (Å²) in [7, 11) is 0. The highest BCUT2D eigenvalue weighted by molar-refractivity contribution is 6.35. The number of nitrogens with zero attached hydrogens (tertiary/aromatic N) is 2. The lowest BCUT2D eigenvalue weighted by Crippen LogP contribution is -1.96. The molecule has 0 aliphatic heterocycles. The molecule has 108 valence electrons. The Balaban J connectivity index is 1.80. The zero-order valence-electron chi connectivity index (χ0n) is 12.0. The molecule has 22 heavy (non-hydrogen) atoms. The molecule has 0 amide bonds. The fourth-order valence-corrected chi connectivity index (χ4v) is 2.54. The monoisotopic (exact) mass is 308 g/mol. The van der Waals surface area contributed by atoms with E-state index in [1.165, 1.54) is 0 Å². The lowest BCUT2D eigenvalue weighted by molar-refractivity contribution is 0.306. The van der Waals surface area contributed by atoms with E-state index in [0.717, 1.165) is 27.9 Å². The number of aromatic nitrogens is 1. The third kappa shape index (κ3) is 3.03. The van der Waals surface area contributed by atoms with E-state index in [9.17, 15) is 0 Å². The molecule has 0 spiro atoms. The van der Waals surface area contributed by atoms with E-state index >= 15 is 0 Å². The van der Waals surface area contributed by atoms with Crippen LogP contribution < -0.4 is 4.74 Å². The Bertz CT molecular complexity index is 867. The number of halogens is 1. The lowest BCUT2D eigenvalue weighted by Gasteiger charge is -2.08. The van der Waals surface area contributed by atoms with Gasteiger partial charge in [-0.1, -0.05) is 23.7 Å². The van der Waals surface area contributed by atoms with Gasteiger partial charge in [-0.15, -0.1) is 0 Å². The molecule has 1 aromatic heterocycles. The molecule has 0 saturated heterocycles. The number of fused-ring (bicyclic) bond motifs is 1. The summed E-state index contributed by atoms with van der Waals surface area (Å²) in [4.78, 5) is 4.47. The Morgan fingerprint density at radius 3 is 2.64 bits per heavy atom. The number of nitriles is 1. The average Bonchev–Trinajstić information content (AvgIpc) is 2.53. The Morgan fingerprint density at radius 1 is 1.14 bits per heavy atom. The van der Waals surface area contributed by atoms with Gasteiger partial charge in [0, 0.05) is 17.1 Å². The summed E-state index contributed by atoms with van der Waals surface area (Å²) < 4.78 is 5.79. The minimum Gasteiger partial charge on any atom is -0.489 e. The topological polar surface area (TPSA) is 45.9 Å². The second-order valence-corrected chi connectivity index (χ2v) is 5.43. The molecule has 1 heterocycles. The second kappa shape index (κ2) is 6.05. The molecule has 3 nitrogen and oxygen atoms in total. The first kappa shape index (κ1) is 14.4. The maximum absolute atomic E-state index is 8.78. The third-order valence-electron chi connectivity index (χ3n) is 3.35. The number of pyridine rings is 1. The summed E-state index contributed by atoms with van der Waals surface area (Å²) in [5.74, 6) is 0.742. The van der Waals surface area contributed by atoms with Crippen LogP contribution in [0.15, 0.2) is 48.5 Å². The molecule has 0 aliphatic rings. The van der Waals surface area contributed by atoms with Crippen LogP contribution in [-0.2, 0) is 6.61 Å². The highest BCUT2D eigenvalue weighted by Gasteiger charge is 2.04. The van der Waals surface area contributed by atoms with Gasteiger partial charge >= 0.3 is 0 Å². The Labute approximate surface area is 133 Å². The molecule has 0 saturated carbocycles.